The molecule has 0 unspecified atom stereocenters. The average molecular weight is 300 g/mol. The fourth-order valence-corrected chi connectivity index (χ4v) is 2.60. The number of carbonyl (C=O) groups excluding carboxylic acids is 1. The van der Waals surface area contributed by atoms with Crippen molar-refractivity contribution in [1.82, 2.24) is 4.90 Å². The van der Waals surface area contributed by atoms with Gasteiger partial charge in [0.05, 0.1) is 0 Å². The van der Waals surface area contributed by atoms with Crippen LogP contribution < -0.4 is 0 Å². The van der Waals surface area contributed by atoms with E-state index in [9.17, 15) is 9.18 Å². The summed E-state index contributed by atoms with van der Waals surface area (Å²) >= 11 is 3.21. The number of halogens is 2. The van der Waals surface area contributed by atoms with Gasteiger partial charge in [-0.1, -0.05) is 28.8 Å². The van der Waals surface area contributed by atoms with Crippen molar-refractivity contribution in [2.75, 3.05) is 13.1 Å². The number of benzene rings is 1. The lowest BCUT2D eigenvalue weighted by molar-refractivity contribution is 0.0761. The predicted molar refractivity (Wildman–Crippen MR) is 68.5 cm³/mol. The van der Waals surface area contributed by atoms with E-state index in [-0.39, 0.29) is 11.7 Å². The van der Waals surface area contributed by atoms with Crippen LogP contribution >= 0.6 is 15.9 Å². The Morgan fingerprint density at radius 3 is 2.35 bits per heavy atom. The second-order valence-electron chi connectivity index (χ2n) is 4.36. The third kappa shape index (κ3) is 3.28. The van der Waals surface area contributed by atoms with Crippen molar-refractivity contribution in [3.63, 3.8) is 0 Å². The van der Waals surface area contributed by atoms with E-state index in [0.29, 0.717) is 10.0 Å². The van der Waals surface area contributed by atoms with E-state index in [2.05, 4.69) is 15.9 Å². The molecule has 1 aliphatic heterocycles. The zero-order valence-corrected chi connectivity index (χ0v) is 11.2. The molecule has 17 heavy (non-hydrogen) atoms. The normalized spacial score (nSPS) is 16.7. The van der Waals surface area contributed by atoms with Gasteiger partial charge in [-0.05, 0) is 31.0 Å². The lowest BCUT2D eigenvalue weighted by atomic mass is 10.2. The molecule has 0 saturated carbocycles. The van der Waals surface area contributed by atoms with E-state index in [0.717, 1.165) is 25.9 Å². The van der Waals surface area contributed by atoms with Gasteiger partial charge < -0.3 is 4.90 Å². The summed E-state index contributed by atoms with van der Waals surface area (Å²) in [7, 11) is 0. The molecule has 1 aliphatic rings. The topological polar surface area (TPSA) is 20.3 Å². The Morgan fingerprint density at radius 2 is 1.76 bits per heavy atom. The van der Waals surface area contributed by atoms with E-state index in [1.807, 2.05) is 4.90 Å². The van der Waals surface area contributed by atoms with Crippen molar-refractivity contribution in [3.05, 3.63) is 34.1 Å². The van der Waals surface area contributed by atoms with Crippen LogP contribution in [0.3, 0.4) is 0 Å². The molecule has 0 atom stereocenters. The fourth-order valence-electron chi connectivity index (χ4n) is 2.13. The first-order valence-electron chi connectivity index (χ1n) is 5.92. The first-order valence-corrected chi connectivity index (χ1v) is 6.71. The zero-order chi connectivity index (χ0) is 12.3. The highest BCUT2D eigenvalue weighted by molar-refractivity contribution is 9.10. The maximum atomic E-state index is 13.2. The van der Waals surface area contributed by atoms with E-state index in [1.54, 1.807) is 6.07 Å². The van der Waals surface area contributed by atoms with Gasteiger partial charge in [-0.3, -0.25) is 4.79 Å². The summed E-state index contributed by atoms with van der Waals surface area (Å²) in [5, 5.41) is 0. The second-order valence-corrected chi connectivity index (χ2v) is 5.28. The predicted octanol–water partition coefficient (Wildman–Crippen LogP) is 3.60. The van der Waals surface area contributed by atoms with Crippen molar-refractivity contribution in [2.45, 2.75) is 25.7 Å². The van der Waals surface area contributed by atoms with Gasteiger partial charge in [-0.25, -0.2) is 4.39 Å². The minimum atomic E-state index is -0.377. The molecule has 1 fully saturated rings. The van der Waals surface area contributed by atoms with Crippen molar-refractivity contribution in [3.8, 4) is 0 Å². The molecule has 0 spiro atoms. The first-order chi connectivity index (χ1) is 8.16. The minimum absolute atomic E-state index is 0.0629. The summed E-state index contributed by atoms with van der Waals surface area (Å²) in [5.74, 6) is -0.440. The lowest BCUT2D eigenvalue weighted by Crippen LogP contribution is -2.31. The summed E-state index contributed by atoms with van der Waals surface area (Å²) in [6, 6.07) is 4.34. The summed E-state index contributed by atoms with van der Waals surface area (Å²) in [4.78, 5) is 14.0. The molecule has 2 nitrogen and oxygen atoms in total. The molecule has 0 aromatic heterocycles. The van der Waals surface area contributed by atoms with E-state index in [4.69, 9.17) is 0 Å². The number of carbonyl (C=O) groups is 1. The van der Waals surface area contributed by atoms with Crippen molar-refractivity contribution in [1.29, 1.82) is 0 Å². The highest BCUT2D eigenvalue weighted by Crippen LogP contribution is 2.18. The molecule has 1 heterocycles. The zero-order valence-electron chi connectivity index (χ0n) is 9.59. The number of hydrogen-bond acceptors (Lipinski definition) is 1. The molecule has 1 aromatic carbocycles. The standard InChI is InChI=1S/C13H15BrFNO/c14-11-7-10(8-12(15)9-11)13(17)16-5-3-1-2-4-6-16/h7-9H,1-6H2. The molecule has 1 saturated heterocycles. The number of likely N-dealkylation sites (tertiary alicyclic amines) is 1. The van der Waals surface area contributed by atoms with Crippen LogP contribution in [0, 0.1) is 5.82 Å². The molecule has 0 N–H and O–H groups in total. The van der Waals surface area contributed by atoms with E-state index >= 15 is 0 Å². The lowest BCUT2D eigenvalue weighted by Gasteiger charge is -2.20. The third-order valence-electron chi connectivity index (χ3n) is 3.00. The van der Waals surface area contributed by atoms with Crippen LogP contribution in [0.4, 0.5) is 4.39 Å². The number of hydrogen-bond donors (Lipinski definition) is 0. The van der Waals surface area contributed by atoms with Crippen LogP contribution in [-0.2, 0) is 0 Å². The quantitative estimate of drug-likeness (QED) is 0.776. The third-order valence-corrected chi connectivity index (χ3v) is 3.46. The maximum Gasteiger partial charge on any atom is 0.253 e. The van der Waals surface area contributed by atoms with Crippen LogP contribution in [0.1, 0.15) is 36.0 Å². The number of amides is 1. The monoisotopic (exact) mass is 299 g/mol. The van der Waals surface area contributed by atoms with E-state index < -0.39 is 0 Å². The average Bonchev–Trinajstić information content (AvgIpc) is 2.55. The Kier molecular flexibility index (Phi) is 4.15. The Hall–Kier alpha value is -0.900. The summed E-state index contributed by atoms with van der Waals surface area (Å²) in [6.07, 6.45) is 4.44. The van der Waals surface area contributed by atoms with Gasteiger partial charge in [0.25, 0.3) is 5.91 Å². The molecule has 2 rings (SSSR count). The highest BCUT2D eigenvalue weighted by atomic mass is 79.9. The number of rotatable bonds is 1. The Balaban J connectivity index is 2.17. The van der Waals surface area contributed by atoms with Gasteiger partial charge in [0.15, 0.2) is 0 Å². The van der Waals surface area contributed by atoms with Gasteiger partial charge in [0.1, 0.15) is 5.82 Å². The summed E-state index contributed by atoms with van der Waals surface area (Å²) in [6.45, 7) is 1.57. The van der Waals surface area contributed by atoms with Crippen molar-refractivity contribution in [2.24, 2.45) is 0 Å². The van der Waals surface area contributed by atoms with Crippen molar-refractivity contribution < 1.29 is 9.18 Å². The number of nitrogens with zero attached hydrogens (tertiary/aromatic N) is 1. The van der Waals surface area contributed by atoms with Crippen molar-refractivity contribution >= 4 is 21.8 Å². The Labute approximate surface area is 109 Å². The molecular weight excluding hydrogens is 285 g/mol. The summed E-state index contributed by atoms with van der Waals surface area (Å²) in [5.41, 5.74) is 0.429. The van der Waals surface area contributed by atoms with Crippen LogP contribution in [0.25, 0.3) is 0 Å². The van der Waals surface area contributed by atoms with Gasteiger partial charge >= 0.3 is 0 Å². The second kappa shape index (κ2) is 5.63. The molecule has 1 amide bonds. The van der Waals surface area contributed by atoms with Gasteiger partial charge in [0.2, 0.25) is 0 Å². The highest BCUT2D eigenvalue weighted by Gasteiger charge is 2.18. The van der Waals surface area contributed by atoms with E-state index in [1.165, 1.54) is 25.0 Å². The smallest absolute Gasteiger partial charge is 0.253 e. The van der Waals surface area contributed by atoms with Crippen LogP contribution in [0.15, 0.2) is 22.7 Å². The Bertz CT molecular complexity index is 394. The largest absolute Gasteiger partial charge is 0.339 e. The molecule has 0 aliphatic carbocycles. The maximum absolute atomic E-state index is 13.2. The fraction of sp³-hybridized carbons (Fsp3) is 0.462. The molecule has 0 bridgehead atoms. The SMILES string of the molecule is O=C(c1cc(F)cc(Br)c1)N1CCCCCC1. The molecule has 4 heteroatoms. The molecule has 0 radical (unpaired) electrons. The Morgan fingerprint density at radius 1 is 1.12 bits per heavy atom. The molecular formula is C13H15BrFNO. The van der Waals surface area contributed by atoms with Crippen LogP contribution in [-0.4, -0.2) is 23.9 Å². The van der Waals surface area contributed by atoms with Gasteiger partial charge in [-0.2, -0.15) is 0 Å². The van der Waals surface area contributed by atoms with Crippen LogP contribution in [0.2, 0.25) is 0 Å². The minimum Gasteiger partial charge on any atom is -0.339 e. The van der Waals surface area contributed by atoms with Crippen LogP contribution in [0.5, 0.6) is 0 Å². The van der Waals surface area contributed by atoms with Gasteiger partial charge in [-0.15, -0.1) is 0 Å². The first kappa shape index (κ1) is 12.6. The van der Waals surface area contributed by atoms with Gasteiger partial charge in [0, 0.05) is 23.1 Å². The summed E-state index contributed by atoms with van der Waals surface area (Å²) < 4.78 is 13.8. The molecule has 92 valence electrons. The molecule has 1 aromatic rings.